The second kappa shape index (κ2) is 5.79. The quantitative estimate of drug-likeness (QED) is 0.831. The normalized spacial score (nSPS) is 17.4. The number of piperazine rings is 1. The molecule has 1 aromatic heterocycles. The first-order valence-electron chi connectivity index (χ1n) is 6.90. The van der Waals surface area contributed by atoms with Gasteiger partial charge in [0.25, 0.3) is 0 Å². The van der Waals surface area contributed by atoms with E-state index in [0.29, 0.717) is 0 Å². The van der Waals surface area contributed by atoms with Gasteiger partial charge in [-0.1, -0.05) is 0 Å². The lowest BCUT2D eigenvalue weighted by Gasteiger charge is -2.36. The van der Waals surface area contributed by atoms with Crippen molar-refractivity contribution < 1.29 is 0 Å². The molecule has 2 rings (SSSR count). The second-order valence-corrected chi connectivity index (χ2v) is 5.58. The summed E-state index contributed by atoms with van der Waals surface area (Å²) in [5, 5.41) is 4.39. The minimum atomic E-state index is 0.823. The van der Waals surface area contributed by atoms with Gasteiger partial charge in [-0.25, -0.2) is 0 Å². The summed E-state index contributed by atoms with van der Waals surface area (Å²) in [5.74, 6) is 1.07. The fourth-order valence-electron chi connectivity index (χ4n) is 2.56. The smallest absolute Gasteiger partial charge is 0.150 e. The van der Waals surface area contributed by atoms with Crippen molar-refractivity contribution in [1.82, 2.24) is 19.6 Å². The topological polar surface area (TPSA) is 53.6 Å². The molecule has 6 nitrogen and oxygen atoms in total. The summed E-state index contributed by atoms with van der Waals surface area (Å²) in [4.78, 5) is 7.09. The molecule has 0 unspecified atom stereocenters. The molecule has 2 heterocycles. The van der Waals surface area contributed by atoms with E-state index < -0.39 is 0 Å². The van der Waals surface area contributed by atoms with Gasteiger partial charge in [0.1, 0.15) is 5.82 Å². The Kier molecular flexibility index (Phi) is 4.31. The molecule has 0 aliphatic carbocycles. The molecule has 1 aliphatic heterocycles. The van der Waals surface area contributed by atoms with Crippen LogP contribution in [0.4, 0.5) is 11.5 Å². The molecule has 1 saturated heterocycles. The van der Waals surface area contributed by atoms with Crippen LogP contribution >= 0.6 is 0 Å². The molecule has 0 saturated carbocycles. The van der Waals surface area contributed by atoms with Gasteiger partial charge in [-0.2, -0.15) is 5.10 Å². The standard InChI is InChI=1S/C13H26N6/c1-11-12(14)13(17(4)15-11)19-9-7-18(8-10-19)6-5-16(2)3/h5-10,14H2,1-4H3. The van der Waals surface area contributed by atoms with Crippen LogP contribution in [0.2, 0.25) is 0 Å². The van der Waals surface area contributed by atoms with Crippen molar-refractivity contribution >= 4 is 11.5 Å². The summed E-state index contributed by atoms with van der Waals surface area (Å²) >= 11 is 0. The average Bonchev–Trinajstić information content (AvgIpc) is 2.62. The minimum Gasteiger partial charge on any atom is -0.394 e. The SMILES string of the molecule is Cc1nn(C)c(N2CCN(CCN(C)C)CC2)c1N. The monoisotopic (exact) mass is 266 g/mol. The molecule has 0 bridgehead atoms. The highest BCUT2D eigenvalue weighted by molar-refractivity contribution is 5.66. The Morgan fingerprint density at radius 2 is 1.84 bits per heavy atom. The van der Waals surface area contributed by atoms with E-state index in [-0.39, 0.29) is 0 Å². The number of rotatable bonds is 4. The van der Waals surface area contributed by atoms with Gasteiger partial charge in [0.15, 0.2) is 0 Å². The van der Waals surface area contributed by atoms with Gasteiger partial charge in [0.05, 0.1) is 11.4 Å². The van der Waals surface area contributed by atoms with Crippen molar-refractivity contribution in [2.75, 3.05) is 64.0 Å². The lowest BCUT2D eigenvalue weighted by atomic mass is 10.3. The van der Waals surface area contributed by atoms with Crippen LogP contribution in [-0.2, 0) is 7.05 Å². The van der Waals surface area contributed by atoms with Crippen molar-refractivity contribution in [1.29, 1.82) is 0 Å². The lowest BCUT2D eigenvalue weighted by Crippen LogP contribution is -2.48. The molecule has 108 valence electrons. The molecule has 19 heavy (non-hydrogen) atoms. The number of hydrogen-bond donors (Lipinski definition) is 1. The highest BCUT2D eigenvalue weighted by Crippen LogP contribution is 2.26. The van der Waals surface area contributed by atoms with Crippen LogP contribution in [0.5, 0.6) is 0 Å². The highest BCUT2D eigenvalue weighted by Gasteiger charge is 2.22. The molecular formula is C13H26N6. The third kappa shape index (κ3) is 3.19. The van der Waals surface area contributed by atoms with E-state index in [1.165, 1.54) is 0 Å². The molecule has 1 fully saturated rings. The Morgan fingerprint density at radius 3 is 2.32 bits per heavy atom. The zero-order valence-electron chi connectivity index (χ0n) is 12.6. The van der Waals surface area contributed by atoms with E-state index in [1.54, 1.807) is 0 Å². The van der Waals surface area contributed by atoms with E-state index >= 15 is 0 Å². The van der Waals surface area contributed by atoms with Crippen molar-refractivity contribution in [3.63, 3.8) is 0 Å². The maximum atomic E-state index is 6.12. The molecule has 0 aromatic carbocycles. The third-order valence-corrected chi connectivity index (χ3v) is 3.77. The van der Waals surface area contributed by atoms with Gasteiger partial charge in [0, 0.05) is 46.3 Å². The average molecular weight is 266 g/mol. The van der Waals surface area contributed by atoms with Gasteiger partial charge >= 0.3 is 0 Å². The number of nitrogen functional groups attached to an aromatic ring is 1. The number of anilines is 2. The molecule has 2 N–H and O–H groups in total. The molecule has 1 aliphatic rings. The molecule has 0 amide bonds. The molecule has 1 aromatic rings. The first-order valence-corrected chi connectivity index (χ1v) is 6.90. The van der Waals surface area contributed by atoms with Crippen molar-refractivity contribution in [3.05, 3.63) is 5.69 Å². The summed E-state index contributed by atoms with van der Waals surface area (Å²) in [5.41, 5.74) is 7.87. The predicted molar refractivity (Wildman–Crippen MR) is 79.6 cm³/mol. The fourth-order valence-corrected chi connectivity index (χ4v) is 2.56. The number of likely N-dealkylation sites (N-methyl/N-ethyl adjacent to an activating group) is 1. The van der Waals surface area contributed by atoms with Crippen LogP contribution in [0.1, 0.15) is 5.69 Å². The number of hydrogen-bond acceptors (Lipinski definition) is 5. The Bertz CT molecular complexity index is 417. The molecule has 0 atom stereocenters. The van der Waals surface area contributed by atoms with Crippen LogP contribution in [-0.4, -0.2) is 72.9 Å². The molecular weight excluding hydrogens is 240 g/mol. The van der Waals surface area contributed by atoms with E-state index in [0.717, 1.165) is 56.5 Å². The van der Waals surface area contributed by atoms with Gasteiger partial charge in [-0.15, -0.1) is 0 Å². The Hall–Kier alpha value is -1.27. The summed E-state index contributed by atoms with van der Waals surface area (Å²) in [7, 11) is 6.21. The zero-order valence-corrected chi connectivity index (χ0v) is 12.6. The van der Waals surface area contributed by atoms with Crippen LogP contribution in [0.25, 0.3) is 0 Å². The lowest BCUT2D eigenvalue weighted by molar-refractivity contribution is 0.229. The van der Waals surface area contributed by atoms with Crippen LogP contribution in [0.3, 0.4) is 0 Å². The highest BCUT2D eigenvalue weighted by atomic mass is 15.4. The van der Waals surface area contributed by atoms with E-state index in [9.17, 15) is 0 Å². The third-order valence-electron chi connectivity index (χ3n) is 3.77. The van der Waals surface area contributed by atoms with Crippen molar-refractivity contribution in [3.8, 4) is 0 Å². The first kappa shape index (κ1) is 14.1. The number of aryl methyl sites for hydroxylation is 2. The van der Waals surface area contributed by atoms with E-state index in [1.807, 2.05) is 18.7 Å². The second-order valence-electron chi connectivity index (χ2n) is 5.58. The van der Waals surface area contributed by atoms with Gasteiger partial charge in [0.2, 0.25) is 0 Å². The molecule has 0 spiro atoms. The Labute approximate surface area is 115 Å². The van der Waals surface area contributed by atoms with E-state index in [4.69, 9.17) is 5.73 Å². The maximum Gasteiger partial charge on any atom is 0.150 e. The maximum absolute atomic E-state index is 6.12. The zero-order chi connectivity index (χ0) is 14.0. The summed E-state index contributed by atoms with van der Waals surface area (Å²) in [6.07, 6.45) is 0. The predicted octanol–water partition coefficient (Wildman–Crippen LogP) is -0.00568. The van der Waals surface area contributed by atoms with Crippen LogP contribution in [0, 0.1) is 6.92 Å². The Morgan fingerprint density at radius 1 is 1.21 bits per heavy atom. The molecule has 0 radical (unpaired) electrons. The number of aromatic nitrogens is 2. The Balaban J connectivity index is 1.93. The first-order chi connectivity index (χ1) is 8.99. The van der Waals surface area contributed by atoms with Crippen molar-refractivity contribution in [2.45, 2.75) is 6.92 Å². The van der Waals surface area contributed by atoms with E-state index in [2.05, 4.69) is 33.9 Å². The van der Waals surface area contributed by atoms with Gasteiger partial charge in [-0.3, -0.25) is 9.58 Å². The van der Waals surface area contributed by atoms with Gasteiger partial charge < -0.3 is 15.5 Å². The fraction of sp³-hybridized carbons (Fsp3) is 0.769. The largest absolute Gasteiger partial charge is 0.394 e. The number of nitrogens with two attached hydrogens (primary N) is 1. The molecule has 6 heteroatoms. The summed E-state index contributed by atoms with van der Waals surface area (Å²) in [6.45, 7) is 8.46. The number of nitrogens with zero attached hydrogens (tertiary/aromatic N) is 5. The summed E-state index contributed by atoms with van der Waals surface area (Å²) < 4.78 is 1.90. The van der Waals surface area contributed by atoms with Crippen molar-refractivity contribution in [2.24, 2.45) is 7.05 Å². The van der Waals surface area contributed by atoms with Crippen LogP contribution in [0.15, 0.2) is 0 Å². The van der Waals surface area contributed by atoms with Crippen LogP contribution < -0.4 is 10.6 Å². The minimum absolute atomic E-state index is 0.823. The van der Waals surface area contributed by atoms with Gasteiger partial charge in [-0.05, 0) is 21.0 Å². The summed E-state index contributed by atoms with van der Waals surface area (Å²) in [6, 6.07) is 0.